The van der Waals surface area contributed by atoms with E-state index in [2.05, 4.69) is 4.74 Å². The summed E-state index contributed by atoms with van der Waals surface area (Å²) in [5.41, 5.74) is -14.9. The summed E-state index contributed by atoms with van der Waals surface area (Å²) in [5, 5.41) is 0. The van der Waals surface area contributed by atoms with Gasteiger partial charge < -0.3 is 4.74 Å². The van der Waals surface area contributed by atoms with Gasteiger partial charge in [0.05, 0.1) is 0 Å². The second-order valence-corrected chi connectivity index (χ2v) is 3.53. The van der Waals surface area contributed by atoms with Gasteiger partial charge in [0, 0.05) is 7.11 Å². The van der Waals surface area contributed by atoms with Crippen LogP contribution in [0.15, 0.2) is 0 Å². The quantitative estimate of drug-likeness (QED) is 0.674. The van der Waals surface area contributed by atoms with Gasteiger partial charge in [-0.2, -0.15) is 52.7 Å². The highest BCUT2D eigenvalue weighted by Crippen LogP contribution is 2.63. The largest absolute Gasteiger partial charge is 0.435 e. The smallest absolute Gasteiger partial charge is 0.358 e. The average molecular weight is 350 g/mol. The maximum absolute atomic E-state index is 13.3. The SMILES string of the molecule is COC(C(F)(F)F)(C(F)(F)F)C(F)(C(F)(F)F)C(F)(F)F. The Bertz CT molecular complexity index is 340. The first kappa shape index (κ1) is 20.1. The molecule has 128 valence electrons. The Balaban J connectivity index is 6.93. The van der Waals surface area contributed by atoms with E-state index in [1.807, 2.05) is 0 Å². The molecular formula is C7H3F13O. The van der Waals surface area contributed by atoms with E-state index in [1.54, 1.807) is 0 Å². The molecule has 0 amide bonds. The Morgan fingerprint density at radius 2 is 0.714 bits per heavy atom. The summed E-state index contributed by atoms with van der Waals surface area (Å²) in [6.07, 6.45) is -30.1. The second kappa shape index (κ2) is 4.78. The topological polar surface area (TPSA) is 9.23 Å². The van der Waals surface area contributed by atoms with Crippen LogP contribution in [0.4, 0.5) is 57.1 Å². The lowest BCUT2D eigenvalue weighted by atomic mass is 9.81. The highest BCUT2D eigenvalue weighted by Gasteiger charge is 2.96. The van der Waals surface area contributed by atoms with Crippen LogP contribution in [-0.4, -0.2) is 43.1 Å². The van der Waals surface area contributed by atoms with Gasteiger partial charge in [-0.15, -0.1) is 0 Å². The Labute approximate surface area is 106 Å². The van der Waals surface area contributed by atoms with Crippen LogP contribution in [0.3, 0.4) is 0 Å². The number of hydrogen-bond donors (Lipinski definition) is 0. The van der Waals surface area contributed by atoms with Gasteiger partial charge >= 0.3 is 36.0 Å². The van der Waals surface area contributed by atoms with Crippen molar-refractivity contribution in [3.05, 3.63) is 0 Å². The molecule has 0 heterocycles. The lowest BCUT2D eigenvalue weighted by molar-refractivity contribution is -0.483. The molecule has 21 heavy (non-hydrogen) atoms. The molecule has 0 aromatic rings. The van der Waals surface area contributed by atoms with Crippen LogP contribution in [0.5, 0.6) is 0 Å². The lowest BCUT2D eigenvalue weighted by Gasteiger charge is -2.46. The third-order valence-corrected chi connectivity index (χ3v) is 2.37. The summed E-state index contributed by atoms with van der Waals surface area (Å²) >= 11 is 0. The normalized spacial score (nSPS) is 16.3. The molecule has 0 rings (SSSR count). The second-order valence-electron chi connectivity index (χ2n) is 3.53. The zero-order valence-corrected chi connectivity index (χ0v) is 9.32. The van der Waals surface area contributed by atoms with Crippen LogP contribution in [-0.2, 0) is 4.74 Å². The molecule has 0 radical (unpaired) electrons. The molecular weight excluding hydrogens is 347 g/mol. The first-order valence-electron chi connectivity index (χ1n) is 4.32. The average Bonchev–Trinajstić information content (AvgIpc) is 2.10. The van der Waals surface area contributed by atoms with Crippen LogP contribution in [0.2, 0.25) is 0 Å². The summed E-state index contributed by atoms with van der Waals surface area (Å²) in [6, 6.07) is 0. The van der Waals surface area contributed by atoms with E-state index in [1.165, 1.54) is 0 Å². The van der Waals surface area contributed by atoms with Crippen LogP contribution in [0, 0.1) is 0 Å². The van der Waals surface area contributed by atoms with Crippen molar-refractivity contribution in [3.63, 3.8) is 0 Å². The first-order valence-corrected chi connectivity index (χ1v) is 4.32. The lowest BCUT2D eigenvalue weighted by Crippen LogP contribution is -2.79. The molecule has 1 nitrogen and oxygen atoms in total. The monoisotopic (exact) mass is 350 g/mol. The van der Waals surface area contributed by atoms with Gasteiger partial charge in [0.2, 0.25) is 0 Å². The number of rotatable bonds is 2. The highest BCUT2D eigenvalue weighted by molar-refractivity contribution is 5.18. The number of ether oxygens (including phenoxy) is 1. The fourth-order valence-electron chi connectivity index (χ4n) is 1.48. The molecule has 0 unspecified atom stereocenters. The van der Waals surface area contributed by atoms with Gasteiger partial charge in [-0.1, -0.05) is 0 Å². The third kappa shape index (κ3) is 2.50. The van der Waals surface area contributed by atoms with E-state index < -0.39 is 43.1 Å². The molecule has 0 bridgehead atoms. The van der Waals surface area contributed by atoms with Crippen molar-refractivity contribution in [1.29, 1.82) is 0 Å². The Hall–Kier alpha value is -0.950. The maximum atomic E-state index is 13.3. The van der Waals surface area contributed by atoms with E-state index in [-0.39, 0.29) is 0 Å². The standard InChI is InChI=1S/C7H3F13O/c1-21-3(6(15,16)17,7(18,19)20)2(8,4(9,10)11)5(12,13)14/h1H3. The fraction of sp³-hybridized carbons (Fsp3) is 1.00. The van der Waals surface area contributed by atoms with Crippen LogP contribution >= 0.6 is 0 Å². The number of alkyl halides is 13. The zero-order valence-electron chi connectivity index (χ0n) is 9.32. The molecule has 0 aromatic carbocycles. The van der Waals surface area contributed by atoms with E-state index in [0.717, 1.165) is 0 Å². The molecule has 0 atom stereocenters. The van der Waals surface area contributed by atoms with Gasteiger partial charge in [0.25, 0.3) is 0 Å². The molecule has 0 saturated heterocycles. The minimum absolute atomic E-state index is 0.771. The summed E-state index contributed by atoms with van der Waals surface area (Å²) < 4.78 is 163. The van der Waals surface area contributed by atoms with Gasteiger partial charge in [0.15, 0.2) is 0 Å². The van der Waals surface area contributed by atoms with Crippen molar-refractivity contribution in [2.75, 3.05) is 7.11 Å². The Morgan fingerprint density at radius 3 is 0.762 bits per heavy atom. The minimum atomic E-state index is -7.77. The molecule has 0 spiro atoms. The molecule has 0 aliphatic carbocycles. The maximum Gasteiger partial charge on any atom is 0.435 e. The summed E-state index contributed by atoms with van der Waals surface area (Å²) in [4.78, 5) is 0. The van der Waals surface area contributed by atoms with Gasteiger partial charge in [-0.25, -0.2) is 4.39 Å². The Morgan fingerprint density at radius 1 is 0.476 bits per heavy atom. The van der Waals surface area contributed by atoms with Crippen molar-refractivity contribution in [1.82, 2.24) is 0 Å². The molecule has 0 aliphatic heterocycles. The predicted molar refractivity (Wildman–Crippen MR) is 37.8 cm³/mol. The number of halogens is 13. The third-order valence-electron chi connectivity index (χ3n) is 2.37. The Kier molecular flexibility index (Phi) is 4.56. The molecule has 0 N–H and O–H groups in total. The van der Waals surface area contributed by atoms with Crippen molar-refractivity contribution < 1.29 is 61.8 Å². The highest BCUT2D eigenvalue weighted by atomic mass is 19.4. The van der Waals surface area contributed by atoms with E-state index in [4.69, 9.17) is 0 Å². The molecule has 0 fully saturated rings. The van der Waals surface area contributed by atoms with Crippen LogP contribution in [0.25, 0.3) is 0 Å². The fourth-order valence-corrected chi connectivity index (χ4v) is 1.48. The number of hydrogen-bond acceptors (Lipinski definition) is 1. The number of methoxy groups -OCH3 is 1. The van der Waals surface area contributed by atoms with Gasteiger partial charge in [0.1, 0.15) is 0 Å². The molecule has 0 aromatic heterocycles. The van der Waals surface area contributed by atoms with Crippen molar-refractivity contribution in [2.24, 2.45) is 0 Å². The molecule has 0 aliphatic rings. The summed E-state index contributed by atoms with van der Waals surface area (Å²) in [7, 11) is -0.771. The van der Waals surface area contributed by atoms with Crippen molar-refractivity contribution in [3.8, 4) is 0 Å². The minimum Gasteiger partial charge on any atom is -0.358 e. The predicted octanol–water partition coefficient (Wildman–Crippen LogP) is 4.33. The molecule has 14 heteroatoms. The van der Waals surface area contributed by atoms with E-state index in [0.29, 0.717) is 0 Å². The van der Waals surface area contributed by atoms with Crippen LogP contribution in [0.1, 0.15) is 0 Å². The van der Waals surface area contributed by atoms with Gasteiger partial charge in [-0.3, -0.25) is 0 Å². The van der Waals surface area contributed by atoms with E-state index in [9.17, 15) is 57.1 Å². The van der Waals surface area contributed by atoms with Crippen LogP contribution < -0.4 is 0 Å². The summed E-state index contributed by atoms with van der Waals surface area (Å²) in [5.74, 6) is 0. The van der Waals surface area contributed by atoms with Crippen molar-refractivity contribution >= 4 is 0 Å². The first-order chi connectivity index (χ1) is 8.81. The zero-order chi connectivity index (χ0) is 17.7. The van der Waals surface area contributed by atoms with Gasteiger partial charge in [-0.05, 0) is 0 Å². The van der Waals surface area contributed by atoms with Crippen molar-refractivity contribution in [2.45, 2.75) is 36.0 Å². The molecule has 0 saturated carbocycles. The van der Waals surface area contributed by atoms with E-state index >= 15 is 0 Å². The summed E-state index contributed by atoms with van der Waals surface area (Å²) in [6.45, 7) is 0.